The van der Waals surface area contributed by atoms with Gasteiger partial charge in [0.25, 0.3) is 0 Å². The van der Waals surface area contributed by atoms with Crippen molar-refractivity contribution in [2.45, 2.75) is 18.4 Å². The topological polar surface area (TPSA) is 86.1 Å². The largest absolute Gasteiger partial charge is 0.491 e. The van der Waals surface area contributed by atoms with Crippen LogP contribution >= 0.6 is 11.3 Å². The summed E-state index contributed by atoms with van der Waals surface area (Å²) in [5.41, 5.74) is 0.448. The molecule has 0 atom stereocenters. The number of sulfonamides is 1. The Balaban J connectivity index is 1.71. The highest BCUT2D eigenvalue weighted by molar-refractivity contribution is 7.89. The van der Waals surface area contributed by atoms with Gasteiger partial charge in [0.1, 0.15) is 5.00 Å². The Kier molecular flexibility index (Phi) is 5.11. The van der Waals surface area contributed by atoms with E-state index in [0.29, 0.717) is 12.3 Å². The van der Waals surface area contributed by atoms with Crippen LogP contribution in [-0.2, 0) is 16.6 Å². The Bertz CT molecular complexity index is 955. The maximum absolute atomic E-state index is 13.8. The van der Waals surface area contributed by atoms with Crippen molar-refractivity contribution in [2.24, 2.45) is 0 Å². The van der Waals surface area contributed by atoms with Gasteiger partial charge in [-0.2, -0.15) is 0 Å². The van der Waals surface area contributed by atoms with E-state index in [2.05, 4.69) is 15.0 Å². The van der Waals surface area contributed by atoms with E-state index in [1.54, 1.807) is 17.8 Å². The van der Waals surface area contributed by atoms with Crippen LogP contribution in [0.15, 0.2) is 46.8 Å². The van der Waals surface area contributed by atoms with Crippen LogP contribution in [0.5, 0.6) is 5.75 Å². The van der Waals surface area contributed by atoms with Crippen molar-refractivity contribution in [3.8, 4) is 10.8 Å². The number of hydrogen-bond donors (Lipinski definition) is 1. The van der Waals surface area contributed by atoms with Crippen molar-refractivity contribution >= 4 is 21.4 Å². The third-order valence-corrected chi connectivity index (χ3v) is 5.49. The van der Waals surface area contributed by atoms with Crippen LogP contribution in [0.25, 0.3) is 5.00 Å². The van der Waals surface area contributed by atoms with Gasteiger partial charge >= 0.3 is 0 Å². The second-order valence-electron chi connectivity index (χ2n) is 4.96. The van der Waals surface area contributed by atoms with Crippen molar-refractivity contribution in [3.63, 3.8) is 0 Å². The van der Waals surface area contributed by atoms with Crippen LogP contribution in [0.4, 0.5) is 4.39 Å². The molecular formula is C15H15FN4O3S2. The summed E-state index contributed by atoms with van der Waals surface area (Å²) in [6.07, 6.45) is 1.63. The molecule has 0 aliphatic carbocycles. The van der Waals surface area contributed by atoms with Gasteiger partial charge in [-0.15, -0.1) is 16.4 Å². The Morgan fingerprint density at radius 3 is 2.88 bits per heavy atom. The molecule has 132 valence electrons. The van der Waals surface area contributed by atoms with Crippen molar-refractivity contribution in [3.05, 3.63) is 53.4 Å². The minimum atomic E-state index is -3.88. The molecule has 25 heavy (non-hydrogen) atoms. The summed E-state index contributed by atoms with van der Waals surface area (Å²) < 4.78 is 47.4. The normalized spacial score (nSPS) is 11.6. The van der Waals surface area contributed by atoms with Gasteiger partial charge in [0.05, 0.1) is 29.9 Å². The van der Waals surface area contributed by atoms with E-state index in [1.165, 1.54) is 23.5 Å². The number of thiophene rings is 1. The first-order valence-electron chi connectivity index (χ1n) is 7.36. The van der Waals surface area contributed by atoms with E-state index in [4.69, 9.17) is 4.74 Å². The molecular weight excluding hydrogens is 367 g/mol. The summed E-state index contributed by atoms with van der Waals surface area (Å²) in [6, 6.07) is 7.26. The molecule has 0 fully saturated rings. The SMILES string of the molecule is CCOc1ccc(S(=O)(=O)NCc2cn(-c3cccs3)nn2)cc1F. The quantitative estimate of drug-likeness (QED) is 0.678. The number of benzene rings is 1. The molecule has 3 rings (SSSR count). The van der Waals surface area contributed by atoms with Crippen LogP contribution < -0.4 is 9.46 Å². The molecule has 0 spiro atoms. The van der Waals surface area contributed by atoms with E-state index in [0.717, 1.165) is 11.1 Å². The second kappa shape index (κ2) is 7.30. The molecule has 0 aliphatic heterocycles. The highest BCUT2D eigenvalue weighted by Crippen LogP contribution is 2.21. The zero-order chi connectivity index (χ0) is 17.9. The summed E-state index contributed by atoms with van der Waals surface area (Å²) in [6.45, 7) is 1.96. The Morgan fingerprint density at radius 2 is 2.20 bits per heavy atom. The van der Waals surface area contributed by atoms with E-state index >= 15 is 0 Å². The standard InChI is InChI=1S/C15H15FN4O3S2/c1-2-23-14-6-5-12(8-13(14)16)25(21,22)17-9-11-10-20(19-18-11)15-4-3-7-24-15/h3-8,10,17H,2,9H2,1H3. The first-order chi connectivity index (χ1) is 12.0. The van der Waals surface area contributed by atoms with Gasteiger partial charge < -0.3 is 4.74 Å². The molecule has 0 saturated heterocycles. The number of nitrogens with one attached hydrogen (secondary N) is 1. The summed E-state index contributed by atoms with van der Waals surface area (Å²) in [5, 5.41) is 10.6. The summed E-state index contributed by atoms with van der Waals surface area (Å²) >= 11 is 1.49. The lowest BCUT2D eigenvalue weighted by atomic mass is 10.3. The maximum Gasteiger partial charge on any atom is 0.241 e. The smallest absolute Gasteiger partial charge is 0.241 e. The van der Waals surface area contributed by atoms with Gasteiger partial charge in [-0.3, -0.25) is 0 Å². The van der Waals surface area contributed by atoms with Crippen molar-refractivity contribution in [1.29, 1.82) is 0 Å². The van der Waals surface area contributed by atoms with Crippen LogP contribution in [0.1, 0.15) is 12.6 Å². The molecule has 1 aromatic carbocycles. The second-order valence-corrected chi connectivity index (χ2v) is 7.65. The number of ether oxygens (including phenoxy) is 1. The van der Waals surface area contributed by atoms with Gasteiger partial charge in [0, 0.05) is 0 Å². The van der Waals surface area contributed by atoms with Crippen molar-refractivity contribution < 1.29 is 17.5 Å². The minimum Gasteiger partial charge on any atom is -0.491 e. The number of nitrogens with zero attached hydrogens (tertiary/aromatic N) is 3. The van der Waals surface area contributed by atoms with Crippen molar-refractivity contribution in [1.82, 2.24) is 19.7 Å². The van der Waals surface area contributed by atoms with Gasteiger partial charge in [-0.05, 0) is 42.6 Å². The maximum atomic E-state index is 13.8. The summed E-state index contributed by atoms with van der Waals surface area (Å²) in [4.78, 5) is -0.181. The number of rotatable bonds is 7. The highest BCUT2D eigenvalue weighted by Gasteiger charge is 2.17. The molecule has 3 aromatic rings. The zero-order valence-electron chi connectivity index (χ0n) is 13.2. The van der Waals surface area contributed by atoms with E-state index in [1.807, 2.05) is 17.5 Å². The molecule has 0 aliphatic rings. The molecule has 7 nitrogen and oxygen atoms in total. The third kappa shape index (κ3) is 4.03. The van der Waals surface area contributed by atoms with Crippen LogP contribution in [0.2, 0.25) is 0 Å². The Morgan fingerprint density at radius 1 is 1.36 bits per heavy atom. The van der Waals surface area contributed by atoms with E-state index < -0.39 is 15.8 Å². The lowest BCUT2D eigenvalue weighted by Gasteiger charge is -2.08. The Labute approximate surface area is 148 Å². The van der Waals surface area contributed by atoms with Gasteiger partial charge in [-0.25, -0.2) is 22.2 Å². The van der Waals surface area contributed by atoms with Gasteiger partial charge in [0.15, 0.2) is 11.6 Å². The fraction of sp³-hybridized carbons (Fsp3) is 0.200. The highest BCUT2D eigenvalue weighted by atomic mass is 32.2. The van der Waals surface area contributed by atoms with Gasteiger partial charge in [-0.1, -0.05) is 5.21 Å². The molecule has 2 aromatic heterocycles. The molecule has 2 heterocycles. The molecule has 0 saturated carbocycles. The number of hydrogen-bond acceptors (Lipinski definition) is 6. The molecule has 0 bridgehead atoms. The molecule has 0 amide bonds. The predicted octanol–water partition coefficient (Wildman–Crippen LogP) is 2.35. The van der Waals surface area contributed by atoms with Crippen LogP contribution in [0, 0.1) is 5.82 Å². The summed E-state index contributed by atoms with van der Waals surface area (Å²) in [5.74, 6) is -0.714. The zero-order valence-corrected chi connectivity index (χ0v) is 14.8. The lowest BCUT2D eigenvalue weighted by Crippen LogP contribution is -2.23. The predicted molar refractivity (Wildman–Crippen MR) is 90.8 cm³/mol. The first kappa shape index (κ1) is 17.5. The monoisotopic (exact) mass is 382 g/mol. The summed E-state index contributed by atoms with van der Waals surface area (Å²) in [7, 11) is -3.88. The van der Waals surface area contributed by atoms with E-state index in [9.17, 15) is 12.8 Å². The third-order valence-electron chi connectivity index (χ3n) is 3.23. The fourth-order valence-corrected chi connectivity index (χ4v) is 3.72. The molecule has 1 N–H and O–H groups in total. The first-order valence-corrected chi connectivity index (χ1v) is 9.73. The van der Waals surface area contributed by atoms with E-state index in [-0.39, 0.29) is 17.2 Å². The lowest BCUT2D eigenvalue weighted by molar-refractivity contribution is 0.321. The molecule has 0 unspecified atom stereocenters. The Hall–Kier alpha value is -2.30. The minimum absolute atomic E-state index is 0.0142. The van der Waals surface area contributed by atoms with Gasteiger partial charge in [0.2, 0.25) is 10.0 Å². The average molecular weight is 382 g/mol. The molecule has 10 heteroatoms. The van der Waals surface area contributed by atoms with Crippen LogP contribution in [-0.4, -0.2) is 30.0 Å². The fourth-order valence-electron chi connectivity index (χ4n) is 2.06. The van der Waals surface area contributed by atoms with Crippen LogP contribution in [0.3, 0.4) is 0 Å². The average Bonchev–Trinajstić information content (AvgIpc) is 3.26. The molecule has 0 radical (unpaired) electrons. The number of aromatic nitrogens is 3. The van der Waals surface area contributed by atoms with Crippen molar-refractivity contribution in [2.75, 3.05) is 6.61 Å². The number of halogens is 1.